The summed E-state index contributed by atoms with van der Waals surface area (Å²) in [4.78, 5) is 0. The van der Waals surface area contributed by atoms with Gasteiger partial charge in [0, 0.05) is 5.92 Å². The molecule has 9 heavy (non-hydrogen) atoms. The van der Waals surface area contributed by atoms with Gasteiger partial charge in [-0.15, -0.1) is 0 Å². The van der Waals surface area contributed by atoms with Gasteiger partial charge in [0.05, 0.1) is 0 Å². The summed E-state index contributed by atoms with van der Waals surface area (Å²) >= 11 is 0. The van der Waals surface area contributed by atoms with E-state index in [0.29, 0.717) is 6.42 Å². The maximum atomic E-state index is 9.15. The predicted molar refractivity (Wildman–Crippen MR) is 36.9 cm³/mol. The van der Waals surface area contributed by atoms with Gasteiger partial charge in [0.2, 0.25) is 0 Å². The van der Waals surface area contributed by atoms with Crippen LogP contribution in [0.1, 0.15) is 33.6 Å². The van der Waals surface area contributed by atoms with Crippen LogP contribution in [0, 0.1) is 5.92 Å². The lowest BCUT2D eigenvalue weighted by molar-refractivity contribution is -0.198. The molecule has 56 valence electrons. The van der Waals surface area contributed by atoms with Gasteiger partial charge in [-0.05, 0) is 12.8 Å². The third kappa shape index (κ3) is 2.33. The van der Waals surface area contributed by atoms with Crippen LogP contribution < -0.4 is 0 Å². The second kappa shape index (κ2) is 3.18. The fourth-order valence-electron chi connectivity index (χ4n) is 0.675. The summed E-state index contributed by atoms with van der Waals surface area (Å²) in [6.45, 7) is 5.55. The molecule has 0 bridgehead atoms. The molecule has 0 radical (unpaired) electrons. The maximum absolute atomic E-state index is 9.15. The van der Waals surface area contributed by atoms with Crippen LogP contribution in [-0.4, -0.2) is 16.0 Å². The third-order valence-corrected chi connectivity index (χ3v) is 1.92. The highest BCUT2D eigenvalue weighted by Crippen LogP contribution is 2.19. The number of hydrogen-bond acceptors (Lipinski definition) is 2. The number of rotatable bonds is 3. The Hall–Kier alpha value is -0.0800. The molecular weight excluding hydrogens is 116 g/mol. The van der Waals surface area contributed by atoms with E-state index < -0.39 is 5.79 Å². The standard InChI is InChI=1S/C7H16O2/c1-4-6(3)7(8,9)5-2/h6,8-9H,4-5H2,1-3H3/t6-/m1/s1. The van der Waals surface area contributed by atoms with Gasteiger partial charge in [0.15, 0.2) is 5.79 Å². The molecule has 0 amide bonds. The monoisotopic (exact) mass is 132 g/mol. The fourth-order valence-corrected chi connectivity index (χ4v) is 0.675. The van der Waals surface area contributed by atoms with Gasteiger partial charge in [-0.1, -0.05) is 20.8 Å². The van der Waals surface area contributed by atoms with E-state index in [1.165, 1.54) is 0 Å². The molecule has 0 saturated heterocycles. The highest BCUT2D eigenvalue weighted by Gasteiger charge is 2.26. The molecule has 1 atom stereocenters. The predicted octanol–water partition coefficient (Wildman–Crippen LogP) is 1.12. The molecule has 0 heterocycles. The molecule has 2 N–H and O–H groups in total. The summed E-state index contributed by atoms with van der Waals surface area (Å²) in [5.41, 5.74) is 0. The first-order valence-electron chi connectivity index (χ1n) is 3.49. The zero-order valence-electron chi connectivity index (χ0n) is 6.39. The van der Waals surface area contributed by atoms with Crippen molar-refractivity contribution in [1.82, 2.24) is 0 Å². The summed E-state index contributed by atoms with van der Waals surface area (Å²) in [6.07, 6.45) is 1.21. The first-order chi connectivity index (χ1) is 4.04. The largest absolute Gasteiger partial charge is 0.365 e. The van der Waals surface area contributed by atoms with Crippen molar-refractivity contribution in [2.45, 2.75) is 39.4 Å². The van der Waals surface area contributed by atoms with Gasteiger partial charge in [0.1, 0.15) is 0 Å². The molecule has 0 aromatic heterocycles. The first kappa shape index (κ1) is 8.92. The van der Waals surface area contributed by atoms with Crippen molar-refractivity contribution in [1.29, 1.82) is 0 Å². The zero-order valence-corrected chi connectivity index (χ0v) is 6.39. The minimum atomic E-state index is -1.45. The normalized spacial score (nSPS) is 15.7. The van der Waals surface area contributed by atoms with Crippen LogP contribution in [0.5, 0.6) is 0 Å². The molecule has 0 aliphatic carbocycles. The molecule has 0 aromatic carbocycles. The highest BCUT2D eigenvalue weighted by molar-refractivity contribution is 4.68. The van der Waals surface area contributed by atoms with E-state index in [-0.39, 0.29) is 5.92 Å². The smallest absolute Gasteiger partial charge is 0.164 e. The van der Waals surface area contributed by atoms with Crippen LogP contribution in [0.2, 0.25) is 0 Å². The average molecular weight is 132 g/mol. The minimum absolute atomic E-state index is 0.0255. The van der Waals surface area contributed by atoms with Crippen molar-refractivity contribution in [3.05, 3.63) is 0 Å². The minimum Gasteiger partial charge on any atom is -0.365 e. The second-order valence-corrected chi connectivity index (χ2v) is 2.54. The van der Waals surface area contributed by atoms with E-state index in [2.05, 4.69) is 0 Å². The molecule has 2 heteroatoms. The van der Waals surface area contributed by atoms with Gasteiger partial charge in [-0.25, -0.2) is 0 Å². The van der Waals surface area contributed by atoms with Crippen LogP contribution in [0.15, 0.2) is 0 Å². The lowest BCUT2D eigenvalue weighted by Gasteiger charge is -2.25. The van der Waals surface area contributed by atoms with Crippen molar-refractivity contribution in [2.24, 2.45) is 5.92 Å². The quantitative estimate of drug-likeness (QED) is 0.565. The fraction of sp³-hybridized carbons (Fsp3) is 1.00. The van der Waals surface area contributed by atoms with Crippen molar-refractivity contribution < 1.29 is 10.2 Å². The number of aliphatic hydroxyl groups is 2. The molecular formula is C7H16O2. The van der Waals surface area contributed by atoms with Gasteiger partial charge in [-0.3, -0.25) is 0 Å². The molecule has 0 spiro atoms. The Morgan fingerprint density at radius 1 is 1.33 bits per heavy atom. The zero-order chi connectivity index (χ0) is 7.49. The van der Waals surface area contributed by atoms with Crippen molar-refractivity contribution in [3.8, 4) is 0 Å². The van der Waals surface area contributed by atoms with Gasteiger partial charge >= 0.3 is 0 Å². The van der Waals surface area contributed by atoms with Crippen LogP contribution in [0.3, 0.4) is 0 Å². The summed E-state index contributed by atoms with van der Waals surface area (Å²) in [7, 11) is 0. The topological polar surface area (TPSA) is 40.5 Å². The lowest BCUT2D eigenvalue weighted by Crippen LogP contribution is -2.34. The van der Waals surface area contributed by atoms with E-state index >= 15 is 0 Å². The average Bonchev–Trinajstić information content (AvgIpc) is 1.86. The van der Waals surface area contributed by atoms with Crippen LogP contribution >= 0.6 is 0 Å². The maximum Gasteiger partial charge on any atom is 0.164 e. The van der Waals surface area contributed by atoms with E-state index in [9.17, 15) is 0 Å². The summed E-state index contributed by atoms with van der Waals surface area (Å²) in [5, 5.41) is 18.3. The molecule has 0 aliphatic heterocycles. The SMILES string of the molecule is CC[C@@H](C)C(O)(O)CC. The Bertz CT molecular complexity index is 79.0. The molecule has 0 saturated carbocycles. The van der Waals surface area contributed by atoms with Crippen LogP contribution in [0.25, 0.3) is 0 Å². The van der Waals surface area contributed by atoms with Crippen LogP contribution in [0.4, 0.5) is 0 Å². The van der Waals surface area contributed by atoms with Crippen molar-refractivity contribution >= 4 is 0 Å². The Morgan fingerprint density at radius 3 is 1.89 bits per heavy atom. The molecule has 0 aromatic rings. The number of hydrogen-bond donors (Lipinski definition) is 2. The van der Waals surface area contributed by atoms with E-state index in [4.69, 9.17) is 10.2 Å². The summed E-state index contributed by atoms with van der Waals surface area (Å²) in [5.74, 6) is -1.48. The molecule has 0 fully saturated rings. The van der Waals surface area contributed by atoms with Crippen molar-refractivity contribution in [3.63, 3.8) is 0 Å². The van der Waals surface area contributed by atoms with Crippen LogP contribution in [-0.2, 0) is 0 Å². The highest BCUT2D eigenvalue weighted by atomic mass is 16.5. The lowest BCUT2D eigenvalue weighted by atomic mass is 9.96. The van der Waals surface area contributed by atoms with Gasteiger partial charge in [0.25, 0.3) is 0 Å². The summed E-state index contributed by atoms with van der Waals surface area (Å²) in [6, 6.07) is 0. The Labute approximate surface area is 56.5 Å². The van der Waals surface area contributed by atoms with E-state index in [1.54, 1.807) is 6.92 Å². The Balaban J connectivity index is 3.80. The van der Waals surface area contributed by atoms with Gasteiger partial charge in [-0.2, -0.15) is 0 Å². The molecule has 0 unspecified atom stereocenters. The van der Waals surface area contributed by atoms with E-state index in [0.717, 1.165) is 6.42 Å². The van der Waals surface area contributed by atoms with E-state index in [1.807, 2.05) is 13.8 Å². The van der Waals surface area contributed by atoms with Crippen molar-refractivity contribution in [2.75, 3.05) is 0 Å². The Kier molecular flexibility index (Phi) is 3.15. The molecule has 0 rings (SSSR count). The third-order valence-electron chi connectivity index (χ3n) is 1.92. The Morgan fingerprint density at radius 2 is 1.78 bits per heavy atom. The molecule has 0 aliphatic rings. The van der Waals surface area contributed by atoms with Gasteiger partial charge < -0.3 is 10.2 Å². The first-order valence-corrected chi connectivity index (χ1v) is 3.49. The summed E-state index contributed by atoms with van der Waals surface area (Å²) < 4.78 is 0. The second-order valence-electron chi connectivity index (χ2n) is 2.54. The molecule has 2 nitrogen and oxygen atoms in total.